The lowest BCUT2D eigenvalue weighted by atomic mass is 10.2. The number of anilines is 1. The van der Waals surface area contributed by atoms with E-state index in [0.717, 1.165) is 37.4 Å². The first-order valence-electron chi connectivity index (χ1n) is 8.91. The molecule has 1 aliphatic rings. The third-order valence-electron chi connectivity index (χ3n) is 4.68. The molecule has 0 aliphatic carbocycles. The number of hydrogen-bond donors (Lipinski definition) is 2. The smallest absolute Gasteiger partial charge is 0.234 e. The molecule has 0 aromatic heterocycles. The Labute approximate surface area is 164 Å². The number of aromatic hydroxyl groups is 1. The Morgan fingerprint density at radius 1 is 1.19 bits per heavy atom. The van der Waals surface area contributed by atoms with Crippen LogP contribution < -0.4 is 15.0 Å². The fourth-order valence-corrected chi connectivity index (χ4v) is 3.41. The molecule has 1 heterocycles. The molecule has 2 aromatic carbocycles. The Kier molecular flexibility index (Phi) is 6.42. The molecule has 144 valence electrons. The van der Waals surface area contributed by atoms with Crippen LogP contribution in [-0.4, -0.2) is 55.7 Å². The Balaban J connectivity index is 1.47. The molecule has 0 radical (unpaired) electrons. The van der Waals surface area contributed by atoms with Crippen LogP contribution in [0.25, 0.3) is 0 Å². The number of carbonyl (C=O) groups is 1. The number of rotatable bonds is 6. The zero-order valence-corrected chi connectivity index (χ0v) is 16.1. The molecule has 1 aliphatic heterocycles. The van der Waals surface area contributed by atoms with Crippen molar-refractivity contribution in [2.45, 2.75) is 6.54 Å². The maximum Gasteiger partial charge on any atom is 0.234 e. The van der Waals surface area contributed by atoms with Gasteiger partial charge in [0.1, 0.15) is 11.5 Å². The van der Waals surface area contributed by atoms with Crippen LogP contribution in [0.15, 0.2) is 42.5 Å². The van der Waals surface area contributed by atoms with Gasteiger partial charge >= 0.3 is 0 Å². The molecular formula is C20H24ClN3O3. The maximum absolute atomic E-state index is 12.3. The van der Waals surface area contributed by atoms with Crippen molar-refractivity contribution in [2.75, 3.05) is 44.7 Å². The zero-order valence-electron chi connectivity index (χ0n) is 15.3. The van der Waals surface area contributed by atoms with Crippen LogP contribution in [-0.2, 0) is 11.3 Å². The van der Waals surface area contributed by atoms with Crippen LogP contribution in [0.4, 0.5) is 5.69 Å². The summed E-state index contributed by atoms with van der Waals surface area (Å²) in [4.78, 5) is 16.5. The first-order chi connectivity index (χ1) is 13.1. The Morgan fingerprint density at radius 3 is 2.63 bits per heavy atom. The molecule has 1 amide bonds. The molecule has 27 heavy (non-hydrogen) atoms. The lowest BCUT2D eigenvalue weighted by Crippen LogP contribution is -2.49. The first kappa shape index (κ1) is 19.3. The topological polar surface area (TPSA) is 65.0 Å². The van der Waals surface area contributed by atoms with Crippen molar-refractivity contribution in [3.63, 3.8) is 0 Å². The third-order valence-corrected chi connectivity index (χ3v) is 4.92. The van der Waals surface area contributed by atoms with Gasteiger partial charge in [-0.25, -0.2) is 0 Å². The monoisotopic (exact) mass is 389 g/mol. The number of piperazine rings is 1. The number of benzene rings is 2. The number of nitrogens with one attached hydrogen (secondary N) is 1. The molecule has 0 atom stereocenters. The van der Waals surface area contributed by atoms with E-state index in [1.54, 1.807) is 31.4 Å². The van der Waals surface area contributed by atoms with Gasteiger partial charge in [-0.3, -0.25) is 9.69 Å². The van der Waals surface area contributed by atoms with Crippen molar-refractivity contribution in [3.05, 3.63) is 53.1 Å². The van der Waals surface area contributed by atoms with Gasteiger partial charge in [0, 0.05) is 43.3 Å². The minimum absolute atomic E-state index is 0.0342. The van der Waals surface area contributed by atoms with E-state index in [1.165, 1.54) is 0 Å². The van der Waals surface area contributed by atoms with Crippen LogP contribution in [0.1, 0.15) is 5.56 Å². The molecule has 6 nitrogen and oxygen atoms in total. The fourth-order valence-electron chi connectivity index (χ4n) is 3.22. The van der Waals surface area contributed by atoms with Crippen molar-refractivity contribution in [1.29, 1.82) is 0 Å². The highest BCUT2D eigenvalue weighted by Gasteiger charge is 2.20. The highest BCUT2D eigenvalue weighted by molar-refractivity contribution is 6.30. The van der Waals surface area contributed by atoms with Crippen LogP contribution in [0.3, 0.4) is 0 Å². The number of carbonyl (C=O) groups excluding carboxylic acids is 1. The van der Waals surface area contributed by atoms with Crippen molar-refractivity contribution in [2.24, 2.45) is 0 Å². The first-order valence-corrected chi connectivity index (χ1v) is 9.29. The number of phenols is 1. The quantitative estimate of drug-likeness (QED) is 0.794. The van der Waals surface area contributed by atoms with E-state index in [9.17, 15) is 9.90 Å². The molecule has 2 N–H and O–H groups in total. The van der Waals surface area contributed by atoms with Gasteiger partial charge in [0.25, 0.3) is 0 Å². The maximum atomic E-state index is 12.3. The molecule has 0 bridgehead atoms. The summed E-state index contributed by atoms with van der Waals surface area (Å²) in [5.41, 5.74) is 1.69. The minimum atomic E-state index is -0.0342. The highest BCUT2D eigenvalue weighted by Crippen LogP contribution is 2.27. The van der Waals surface area contributed by atoms with Gasteiger partial charge in [0.05, 0.1) is 19.3 Å². The van der Waals surface area contributed by atoms with Crippen LogP contribution in [0.2, 0.25) is 5.02 Å². The number of para-hydroxylation sites is 2. The number of amides is 1. The number of nitrogens with zero attached hydrogens (tertiary/aromatic N) is 2. The van der Waals surface area contributed by atoms with Gasteiger partial charge in [-0.15, -0.1) is 0 Å². The Hall–Kier alpha value is -2.44. The summed E-state index contributed by atoms with van der Waals surface area (Å²) in [7, 11) is 1.60. The van der Waals surface area contributed by atoms with Crippen LogP contribution in [0.5, 0.6) is 11.5 Å². The Morgan fingerprint density at radius 2 is 1.93 bits per heavy atom. The van der Waals surface area contributed by atoms with E-state index in [4.69, 9.17) is 16.3 Å². The summed E-state index contributed by atoms with van der Waals surface area (Å²) < 4.78 is 5.30. The standard InChI is InChI=1S/C20H24ClN3O3/c1-27-19-7-6-16(21)12-15(19)13-22-20(26)14-23-8-10-24(11-9-23)17-4-2-3-5-18(17)25/h2-7,12,25H,8-11,13-14H2,1H3,(H,22,26). The van der Waals surface area contributed by atoms with Crippen molar-refractivity contribution in [3.8, 4) is 11.5 Å². The van der Waals surface area contributed by atoms with Crippen LogP contribution in [0, 0.1) is 0 Å². The van der Waals surface area contributed by atoms with Crippen LogP contribution >= 0.6 is 11.6 Å². The van der Waals surface area contributed by atoms with Crippen molar-refractivity contribution in [1.82, 2.24) is 10.2 Å². The third kappa shape index (κ3) is 5.05. The summed E-state index contributed by atoms with van der Waals surface area (Å²) in [6, 6.07) is 12.7. The lowest BCUT2D eigenvalue weighted by Gasteiger charge is -2.35. The van der Waals surface area contributed by atoms with E-state index in [-0.39, 0.29) is 5.91 Å². The van der Waals surface area contributed by atoms with E-state index >= 15 is 0 Å². The largest absolute Gasteiger partial charge is 0.506 e. The average Bonchev–Trinajstić information content (AvgIpc) is 2.68. The molecule has 1 fully saturated rings. The molecule has 0 spiro atoms. The van der Waals surface area contributed by atoms with Gasteiger partial charge in [-0.1, -0.05) is 23.7 Å². The Bertz CT molecular complexity index is 792. The zero-order chi connectivity index (χ0) is 19.2. The molecular weight excluding hydrogens is 366 g/mol. The second-order valence-electron chi connectivity index (χ2n) is 6.48. The average molecular weight is 390 g/mol. The van der Waals surface area contributed by atoms with E-state index in [1.807, 2.05) is 18.2 Å². The van der Waals surface area contributed by atoms with E-state index in [2.05, 4.69) is 15.1 Å². The van der Waals surface area contributed by atoms with Gasteiger partial charge in [0.15, 0.2) is 0 Å². The normalized spacial score (nSPS) is 14.8. The molecule has 3 rings (SSSR count). The van der Waals surface area contributed by atoms with Gasteiger partial charge in [-0.05, 0) is 30.3 Å². The van der Waals surface area contributed by atoms with Crippen molar-refractivity contribution < 1.29 is 14.6 Å². The molecule has 7 heteroatoms. The number of methoxy groups -OCH3 is 1. The van der Waals surface area contributed by atoms with E-state index in [0.29, 0.717) is 29.6 Å². The summed E-state index contributed by atoms with van der Waals surface area (Å²) in [6.07, 6.45) is 0. The summed E-state index contributed by atoms with van der Waals surface area (Å²) in [6.45, 7) is 3.79. The summed E-state index contributed by atoms with van der Waals surface area (Å²) >= 11 is 6.02. The number of hydrogen-bond acceptors (Lipinski definition) is 5. The molecule has 1 saturated heterocycles. The van der Waals surface area contributed by atoms with Gasteiger partial charge in [0.2, 0.25) is 5.91 Å². The van der Waals surface area contributed by atoms with Crippen molar-refractivity contribution >= 4 is 23.2 Å². The highest BCUT2D eigenvalue weighted by atomic mass is 35.5. The molecule has 0 unspecified atom stereocenters. The summed E-state index contributed by atoms with van der Waals surface area (Å²) in [5.74, 6) is 0.961. The molecule has 2 aromatic rings. The number of halogens is 1. The lowest BCUT2D eigenvalue weighted by molar-refractivity contribution is -0.122. The predicted molar refractivity (Wildman–Crippen MR) is 107 cm³/mol. The summed E-state index contributed by atoms with van der Waals surface area (Å²) in [5, 5.41) is 13.5. The fraction of sp³-hybridized carbons (Fsp3) is 0.350. The minimum Gasteiger partial charge on any atom is -0.506 e. The predicted octanol–water partition coefficient (Wildman–Crippen LogP) is 2.49. The van der Waals surface area contributed by atoms with Gasteiger partial charge in [-0.2, -0.15) is 0 Å². The number of phenolic OH excluding ortho intramolecular Hbond substituents is 1. The SMILES string of the molecule is COc1ccc(Cl)cc1CNC(=O)CN1CCN(c2ccccc2O)CC1. The number of ether oxygens (including phenoxy) is 1. The molecule has 0 saturated carbocycles. The van der Waals surface area contributed by atoms with E-state index < -0.39 is 0 Å². The van der Waals surface area contributed by atoms with Gasteiger partial charge < -0.3 is 20.1 Å². The second kappa shape index (κ2) is 8.97. The second-order valence-corrected chi connectivity index (χ2v) is 6.92.